The molecular weight excluding hydrogens is 352 g/mol. The molecule has 0 unspecified atom stereocenters. The van der Waals surface area contributed by atoms with Gasteiger partial charge in [-0.05, 0) is 17.7 Å². The summed E-state index contributed by atoms with van der Waals surface area (Å²) in [4.78, 5) is 26.5. The maximum absolute atomic E-state index is 12.1. The van der Waals surface area contributed by atoms with Gasteiger partial charge in [-0.1, -0.05) is 42.1 Å². The van der Waals surface area contributed by atoms with Crippen molar-refractivity contribution in [1.29, 1.82) is 0 Å². The molecule has 26 heavy (non-hydrogen) atoms. The summed E-state index contributed by atoms with van der Waals surface area (Å²) in [6.07, 6.45) is 3.59. The molecule has 1 aromatic heterocycles. The van der Waals surface area contributed by atoms with Crippen LogP contribution in [-0.4, -0.2) is 26.1 Å². The smallest absolute Gasteiger partial charge is 0.269 e. The van der Waals surface area contributed by atoms with Crippen LogP contribution in [0.1, 0.15) is 5.56 Å². The third kappa shape index (κ3) is 4.70. The lowest BCUT2D eigenvalue weighted by atomic mass is 10.2. The Morgan fingerprint density at radius 1 is 1.15 bits per heavy atom. The van der Waals surface area contributed by atoms with Gasteiger partial charge in [-0.15, -0.1) is 0 Å². The molecule has 8 heteroatoms. The topological polar surface area (TPSA) is 90.1 Å². The van der Waals surface area contributed by atoms with Crippen LogP contribution in [0.2, 0.25) is 0 Å². The average Bonchev–Trinajstić information content (AvgIpc) is 3.08. The summed E-state index contributed by atoms with van der Waals surface area (Å²) < 4.78 is 1.99. The molecule has 1 amide bonds. The van der Waals surface area contributed by atoms with Crippen molar-refractivity contribution in [3.8, 4) is 0 Å². The molecule has 0 spiro atoms. The minimum atomic E-state index is -0.478. The van der Waals surface area contributed by atoms with Crippen molar-refractivity contribution < 1.29 is 9.72 Å². The Morgan fingerprint density at radius 2 is 1.88 bits per heavy atom. The number of nitro benzene ring substituents is 1. The van der Waals surface area contributed by atoms with Crippen LogP contribution in [0.3, 0.4) is 0 Å². The van der Waals surface area contributed by atoms with Crippen molar-refractivity contribution in [2.24, 2.45) is 0 Å². The number of rotatable bonds is 7. The van der Waals surface area contributed by atoms with Crippen LogP contribution < -0.4 is 5.32 Å². The molecule has 0 saturated carbocycles. The van der Waals surface area contributed by atoms with E-state index in [0.29, 0.717) is 12.2 Å². The fourth-order valence-corrected chi connectivity index (χ4v) is 3.09. The summed E-state index contributed by atoms with van der Waals surface area (Å²) in [5.74, 6) is 0.00102. The maximum Gasteiger partial charge on any atom is 0.269 e. The summed E-state index contributed by atoms with van der Waals surface area (Å²) in [6.45, 7) is 0.688. The van der Waals surface area contributed by atoms with Gasteiger partial charge in [0.2, 0.25) is 5.91 Å². The monoisotopic (exact) mass is 368 g/mol. The molecule has 0 saturated heterocycles. The Labute approximate surface area is 154 Å². The zero-order valence-electron chi connectivity index (χ0n) is 13.7. The molecule has 1 N–H and O–H groups in total. The van der Waals surface area contributed by atoms with Gasteiger partial charge in [-0.3, -0.25) is 14.9 Å². The van der Waals surface area contributed by atoms with Gasteiger partial charge in [0.05, 0.1) is 10.7 Å². The minimum Gasteiger partial charge on any atom is -0.325 e. The van der Waals surface area contributed by atoms with E-state index >= 15 is 0 Å². The number of imidazole rings is 1. The number of thioether (sulfide) groups is 1. The normalized spacial score (nSPS) is 10.5. The van der Waals surface area contributed by atoms with Gasteiger partial charge in [0, 0.05) is 36.8 Å². The fraction of sp³-hybridized carbons (Fsp3) is 0.111. The molecular formula is C18H16N4O3S. The van der Waals surface area contributed by atoms with Gasteiger partial charge in [-0.25, -0.2) is 4.98 Å². The zero-order chi connectivity index (χ0) is 18.4. The number of amides is 1. The first-order valence-electron chi connectivity index (χ1n) is 7.84. The lowest BCUT2D eigenvalue weighted by molar-refractivity contribution is -0.384. The number of carbonyl (C=O) groups excluding carboxylic acids is 1. The highest BCUT2D eigenvalue weighted by atomic mass is 32.2. The lowest BCUT2D eigenvalue weighted by Crippen LogP contribution is -2.14. The number of nitrogens with zero attached hydrogens (tertiary/aromatic N) is 3. The van der Waals surface area contributed by atoms with Crippen LogP contribution in [0, 0.1) is 10.1 Å². The molecule has 0 aliphatic carbocycles. The van der Waals surface area contributed by atoms with Crippen molar-refractivity contribution >= 4 is 29.0 Å². The second-order valence-electron chi connectivity index (χ2n) is 5.46. The van der Waals surface area contributed by atoms with Gasteiger partial charge in [0.25, 0.3) is 5.69 Å². The number of carbonyl (C=O) groups is 1. The number of non-ortho nitro benzene ring substituents is 1. The van der Waals surface area contributed by atoms with Gasteiger partial charge < -0.3 is 9.88 Å². The van der Waals surface area contributed by atoms with Crippen molar-refractivity contribution in [3.05, 3.63) is 82.7 Å². The Kier molecular flexibility index (Phi) is 5.65. The van der Waals surface area contributed by atoms with Gasteiger partial charge in [0.15, 0.2) is 5.16 Å². The van der Waals surface area contributed by atoms with E-state index in [1.165, 1.54) is 36.0 Å². The Balaban J connectivity index is 1.55. The predicted molar refractivity (Wildman–Crippen MR) is 100 cm³/mol. The van der Waals surface area contributed by atoms with E-state index in [2.05, 4.69) is 10.3 Å². The Bertz CT molecular complexity index is 894. The molecule has 0 fully saturated rings. The van der Waals surface area contributed by atoms with Crippen LogP contribution >= 0.6 is 11.8 Å². The van der Waals surface area contributed by atoms with Crippen LogP contribution in [0.4, 0.5) is 11.4 Å². The van der Waals surface area contributed by atoms with Crippen molar-refractivity contribution in [2.75, 3.05) is 11.1 Å². The lowest BCUT2D eigenvalue weighted by Gasteiger charge is -2.08. The number of nitro groups is 1. The summed E-state index contributed by atoms with van der Waals surface area (Å²) in [5, 5.41) is 14.1. The highest BCUT2D eigenvalue weighted by molar-refractivity contribution is 7.99. The molecule has 7 nitrogen and oxygen atoms in total. The van der Waals surface area contributed by atoms with Crippen LogP contribution in [-0.2, 0) is 11.3 Å². The molecule has 132 valence electrons. The second kappa shape index (κ2) is 8.30. The minimum absolute atomic E-state index is 0.0136. The van der Waals surface area contributed by atoms with E-state index in [4.69, 9.17) is 0 Å². The number of nitrogens with one attached hydrogen (secondary N) is 1. The number of hydrogen-bond acceptors (Lipinski definition) is 5. The number of hydrogen-bond donors (Lipinski definition) is 1. The maximum atomic E-state index is 12.1. The zero-order valence-corrected chi connectivity index (χ0v) is 14.6. The Morgan fingerprint density at radius 3 is 2.58 bits per heavy atom. The van der Waals surface area contributed by atoms with Crippen LogP contribution in [0.5, 0.6) is 0 Å². The first kappa shape index (κ1) is 17.7. The van der Waals surface area contributed by atoms with E-state index in [-0.39, 0.29) is 17.3 Å². The number of benzene rings is 2. The fourth-order valence-electron chi connectivity index (χ4n) is 2.33. The third-order valence-electron chi connectivity index (χ3n) is 3.57. The van der Waals surface area contributed by atoms with E-state index in [1.54, 1.807) is 6.20 Å². The summed E-state index contributed by atoms with van der Waals surface area (Å²) >= 11 is 1.34. The van der Waals surface area contributed by atoms with E-state index in [9.17, 15) is 14.9 Å². The summed E-state index contributed by atoms with van der Waals surface area (Å²) in [7, 11) is 0. The van der Waals surface area contributed by atoms with Crippen molar-refractivity contribution in [2.45, 2.75) is 11.7 Å². The SMILES string of the molecule is O=C(CSc1nccn1Cc1ccccc1)Nc1ccc([N+](=O)[O-])cc1. The molecule has 0 aliphatic rings. The van der Waals surface area contributed by atoms with Gasteiger partial charge >= 0.3 is 0 Å². The third-order valence-corrected chi connectivity index (χ3v) is 4.57. The van der Waals surface area contributed by atoms with E-state index < -0.39 is 4.92 Å². The molecule has 3 aromatic rings. The standard InChI is InChI=1S/C18H16N4O3S/c23-17(20-15-6-8-16(9-7-15)22(24)25)13-26-18-19-10-11-21(18)12-14-4-2-1-3-5-14/h1-11H,12-13H2,(H,20,23). The van der Waals surface area contributed by atoms with Crippen molar-refractivity contribution in [3.63, 3.8) is 0 Å². The Hall–Kier alpha value is -3.13. The number of aromatic nitrogens is 2. The van der Waals surface area contributed by atoms with Crippen LogP contribution in [0.25, 0.3) is 0 Å². The predicted octanol–water partition coefficient (Wildman–Crippen LogP) is 3.57. The summed E-state index contributed by atoms with van der Waals surface area (Å²) in [6, 6.07) is 15.7. The molecule has 0 aliphatic heterocycles. The first-order valence-corrected chi connectivity index (χ1v) is 8.82. The second-order valence-corrected chi connectivity index (χ2v) is 6.41. The quantitative estimate of drug-likeness (QED) is 0.391. The molecule has 3 rings (SSSR count). The summed E-state index contributed by atoms with van der Waals surface area (Å²) in [5.41, 5.74) is 1.66. The molecule has 2 aromatic carbocycles. The van der Waals surface area contributed by atoms with E-state index in [0.717, 1.165) is 10.7 Å². The average molecular weight is 368 g/mol. The molecule has 0 radical (unpaired) electrons. The van der Waals surface area contributed by atoms with E-state index in [1.807, 2.05) is 41.1 Å². The molecule has 0 atom stereocenters. The highest BCUT2D eigenvalue weighted by Gasteiger charge is 2.10. The highest BCUT2D eigenvalue weighted by Crippen LogP contribution is 2.19. The largest absolute Gasteiger partial charge is 0.325 e. The van der Waals surface area contributed by atoms with Crippen molar-refractivity contribution in [1.82, 2.24) is 9.55 Å². The van der Waals surface area contributed by atoms with Gasteiger partial charge in [-0.2, -0.15) is 0 Å². The number of anilines is 1. The first-order chi connectivity index (χ1) is 12.6. The van der Waals surface area contributed by atoms with Gasteiger partial charge in [0.1, 0.15) is 0 Å². The molecule has 1 heterocycles. The molecule has 0 bridgehead atoms. The van der Waals surface area contributed by atoms with Crippen LogP contribution in [0.15, 0.2) is 72.1 Å².